The number of thiocarbonyl (C=S) groups is 1. The van der Waals surface area contributed by atoms with Crippen LogP contribution in [0.5, 0.6) is 5.75 Å². The molecule has 3 rings (SSSR count). The summed E-state index contributed by atoms with van der Waals surface area (Å²) in [5.74, 6) is 0.889. The molecule has 1 aliphatic rings. The Bertz CT molecular complexity index is 882. The molecule has 7 nitrogen and oxygen atoms in total. The molecule has 0 spiro atoms. The van der Waals surface area contributed by atoms with Crippen molar-refractivity contribution in [1.29, 1.82) is 0 Å². The van der Waals surface area contributed by atoms with Gasteiger partial charge in [0.25, 0.3) is 0 Å². The zero-order valence-corrected chi connectivity index (χ0v) is 21.8. The van der Waals surface area contributed by atoms with Crippen LogP contribution in [0, 0.1) is 0 Å². The van der Waals surface area contributed by atoms with Gasteiger partial charge in [0.2, 0.25) is 0 Å². The summed E-state index contributed by atoms with van der Waals surface area (Å²) in [7, 11) is 4.99. The van der Waals surface area contributed by atoms with E-state index in [1.165, 1.54) is 11.4 Å². The average Bonchev–Trinajstić information content (AvgIpc) is 2.89. The molecule has 34 heavy (non-hydrogen) atoms. The van der Waals surface area contributed by atoms with Crippen LogP contribution in [0.15, 0.2) is 48.5 Å². The summed E-state index contributed by atoms with van der Waals surface area (Å²) in [6.07, 6.45) is 0.649. The van der Waals surface area contributed by atoms with Crippen LogP contribution in [0.25, 0.3) is 0 Å². The van der Waals surface area contributed by atoms with Gasteiger partial charge >= 0.3 is 0 Å². The summed E-state index contributed by atoms with van der Waals surface area (Å²) in [6, 6.07) is 17.1. The van der Waals surface area contributed by atoms with E-state index in [4.69, 9.17) is 26.4 Å². The quantitative estimate of drug-likeness (QED) is 0.391. The molecule has 0 bridgehead atoms. The fourth-order valence-electron chi connectivity index (χ4n) is 4.06. The van der Waals surface area contributed by atoms with Crippen LogP contribution in [0.3, 0.4) is 0 Å². The largest absolute Gasteiger partial charge is 0.497 e. The predicted octanol–water partition coefficient (Wildman–Crippen LogP) is 4.44. The molecule has 1 fully saturated rings. The highest BCUT2D eigenvalue weighted by molar-refractivity contribution is 7.80. The van der Waals surface area contributed by atoms with Crippen molar-refractivity contribution in [3.8, 4) is 5.75 Å². The van der Waals surface area contributed by atoms with Crippen LogP contribution in [0.2, 0.25) is 0 Å². The number of methoxy groups -OCH3 is 3. The molecule has 8 heteroatoms. The second-order valence-corrected chi connectivity index (χ2v) is 8.85. The maximum Gasteiger partial charge on any atom is 0.174 e. The summed E-state index contributed by atoms with van der Waals surface area (Å²) >= 11 is 5.73. The Hall–Kier alpha value is -2.55. The van der Waals surface area contributed by atoms with Gasteiger partial charge in [-0.3, -0.25) is 0 Å². The van der Waals surface area contributed by atoms with Crippen LogP contribution in [0.4, 0.5) is 17.1 Å². The van der Waals surface area contributed by atoms with Crippen molar-refractivity contribution in [3.63, 3.8) is 0 Å². The lowest BCUT2D eigenvalue weighted by molar-refractivity contribution is -0.111. The van der Waals surface area contributed by atoms with Gasteiger partial charge in [0, 0.05) is 63.5 Å². The van der Waals surface area contributed by atoms with E-state index in [0.29, 0.717) is 11.7 Å². The summed E-state index contributed by atoms with van der Waals surface area (Å²) in [6.45, 7) is 8.82. The van der Waals surface area contributed by atoms with Crippen molar-refractivity contribution in [2.24, 2.45) is 0 Å². The van der Waals surface area contributed by atoms with E-state index in [-0.39, 0.29) is 12.3 Å². The fourth-order valence-corrected chi connectivity index (χ4v) is 4.43. The van der Waals surface area contributed by atoms with E-state index in [2.05, 4.69) is 70.3 Å². The monoisotopic (exact) mass is 486 g/mol. The highest BCUT2D eigenvalue weighted by Crippen LogP contribution is 2.24. The molecule has 0 saturated carbocycles. The highest BCUT2D eigenvalue weighted by Gasteiger charge is 2.21. The number of nitrogens with one attached hydrogen (secondary N) is 1. The minimum atomic E-state index is -0.326. The van der Waals surface area contributed by atoms with Gasteiger partial charge in [0.1, 0.15) is 5.75 Å². The third-order valence-corrected chi connectivity index (χ3v) is 6.79. The lowest BCUT2D eigenvalue weighted by atomic mass is 10.2. The lowest BCUT2D eigenvalue weighted by Crippen LogP contribution is -2.46. The van der Waals surface area contributed by atoms with Crippen molar-refractivity contribution >= 4 is 34.4 Å². The minimum Gasteiger partial charge on any atom is -0.497 e. The van der Waals surface area contributed by atoms with E-state index in [1.54, 1.807) is 21.3 Å². The number of hydrogen-bond donors (Lipinski definition) is 1. The average molecular weight is 487 g/mol. The van der Waals surface area contributed by atoms with Crippen LogP contribution >= 0.6 is 12.2 Å². The molecule has 2 aromatic carbocycles. The molecule has 1 aliphatic heterocycles. The standard InChI is InChI=1S/C26H38N4O3S/c1-6-20(2)30(19-25(32-4)33-5)26(34)27-21-7-9-22(10-8-21)28-15-17-29(18-16-28)23-11-13-24(31-3)14-12-23/h7-14,20,25H,6,15-19H2,1-5H3,(H,27,34). The third-order valence-electron chi connectivity index (χ3n) is 6.46. The Labute approximate surface area is 209 Å². The molecular formula is C26H38N4O3S. The number of hydrogen-bond acceptors (Lipinski definition) is 6. The molecule has 1 heterocycles. The van der Waals surface area contributed by atoms with Gasteiger partial charge in [0.15, 0.2) is 11.4 Å². The third kappa shape index (κ3) is 6.74. The van der Waals surface area contributed by atoms with Crippen molar-refractivity contribution in [1.82, 2.24) is 4.90 Å². The number of anilines is 3. The Morgan fingerprint density at radius 3 is 1.85 bits per heavy atom. The maximum absolute atomic E-state index is 5.73. The summed E-state index contributed by atoms with van der Waals surface area (Å²) in [5.41, 5.74) is 3.44. The normalized spacial score (nSPS) is 14.8. The Balaban J connectivity index is 1.56. The van der Waals surface area contributed by atoms with Crippen LogP contribution in [-0.4, -0.2) is 76.4 Å². The molecule has 2 aromatic rings. The number of piperazine rings is 1. The lowest BCUT2D eigenvalue weighted by Gasteiger charge is -2.37. The summed E-state index contributed by atoms with van der Waals surface area (Å²) < 4.78 is 16.0. The van der Waals surface area contributed by atoms with E-state index in [9.17, 15) is 0 Å². The second-order valence-electron chi connectivity index (χ2n) is 8.46. The molecule has 1 N–H and O–H groups in total. The first-order valence-electron chi connectivity index (χ1n) is 11.9. The number of ether oxygens (including phenoxy) is 3. The van der Waals surface area contributed by atoms with Gasteiger partial charge in [-0.15, -0.1) is 0 Å². The Kier molecular flexibility index (Phi) is 9.80. The Morgan fingerprint density at radius 1 is 0.912 bits per heavy atom. The molecule has 1 unspecified atom stereocenters. The van der Waals surface area contributed by atoms with Crippen molar-refractivity contribution in [2.75, 3.05) is 69.2 Å². The molecule has 1 saturated heterocycles. The topological polar surface area (TPSA) is 49.4 Å². The van der Waals surface area contributed by atoms with Gasteiger partial charge in [-0.05, 0) is 74.1 Å². The fraction of sp³-hybridized carbons (Fsp3) is 0.500. The molecular weight excluding hydrogens is 448 g/mol. The van der Waals surface area contributed by atoms with E-state index >= 15 is 0 Å². The van der Waals surface area contributed by atoms with Gasteiger partial charge in [-0.2, -0.15) is 0 Å². The number of benzene rings is 2. The van der Waals surface area contributed by atoms with Crippen LogP contribution in [-0.2, 0) is 9.47 Å². The van der Waals surface area contributed by atoms with Gasteiger partial charge in [-0.1, -0.05) is 6.92 Å². The van der Waals surface area contributed by atoms with Crippen molar-refractivity contribution in [3.05, 3.63) is 48.5 Å². The molecule has 0 aliphatic carbocycles. The van der Waals surface area contributed by atoms with Crippen molar-refractivity contribution < 1.29 is 14.2 Å². The molecule has 0 radical (unpaired) electrons. The molecule has 186 valence electrons. The Morgan fingerprint density at radius 2 is 1.41 bits per heavy atom. The molecule has 0 amide bonds. The smallest absolute Gasteiger partial charge is 0.174 e. The van der Waals surface area contributed by atoms with E-state index in [0.717, 1.165) is 44.0 Å². The first-order valence-corrected chi connectivity index (χ1v) is 12.3. The zero-order valence-electron chi connectivity index (χ0n) is 21.0. The first-order chi connectivity index (χ1) is 16.5. The predicted molar refractivity (Wildman–Crippen MR) is 144 cm³/mol. The summed E-state index contributed by atoms with van der Waals surface area (Å²) in [5, 5.41) is 4.06. The van der Waals surface area contributed by atoms with E-state index in [1.807, 2.05) is 12.1 Å². The maximum atomic E-state index is 5.73. The highest BCUT2D eigenvalue weighted by atomic mass is 32.1. The molecule has 1 atom stereocenters. The van der Waals surface area contributed by atoms with Gasteiger partial charge in [0.05, 0.1) is 13.7 Å². The van der Waals surface area contributed by atoms with Gasteiger partial charge < -0.3 is 34.2 Å². The van der Waals surface area contributed by atoms with Crippen LogP contribution in [0.1, 0.15) is 20.3 Å². The minimum absolute atomic E-state index is 0.272. The van der Waals surface area contributed by atoms with E-state index < -0.39 is 0 Å². The first kappa shape index (κ1) is 26.1. The van der Waals surface area contributed by atoms with Gasteiger partial charge in [-0.25, -0.2) is 0 Å². The van der Waals surface area contributed by atoms with Crippen LogP contribution < -0.4 is 19.9 Å². The number of nitrogens with zero attached hydrogens (tertiary/aromatic N) is 3. The number of rotatable bonds is 10. The zero-order chi connectivity index (χ0) is 24.5. The SMILES string of the molecule is CCC(C)N(CC(OC)OC)C(=S)Nc1ccc(N2CCN(c3ccc(OC)cc3)CC2)cc1. The second kappa shape index (κ2) is 12.8. The van der Waals surface area contributed by atoms with Crippen molar-refractivity contribution in [2.45, 2.75) is 32.6 Å². The molecule has 0 aromatic heterocycles. The summed E-state index contributed by atoms with van der Waals surface area (Å²) in [4.78, 5) is 6.97.